The van der Waals surface area contributed by atoms with Crippen LogP contribution in [0.25, 0.3) is 0 Å². The second-order valence-corrected chi connectivity index (χ2v) is 4.45. The van der Waals surface area contributed by atoms with Crippen molar-refractivity contribution in [3.8, 4) is 0 Å². The van der Waals surface area contributed by atoms with Crippen LogP contribution >= 0.6 is 15.9 Å². The van der Waals surface area contributed by atoms with Crippen molar-refractivity contribution < 1.29 is 5.11 Å². The quantitative estimate of drug-likeness (QED) is 0.832. The van der Waals surface area contributed by atoms with Gasteiger partial charge in [0.1, 0.15) is 5.82 Å². The molecule has 4 heteroatoms. The second kappa shape index (κ2) is 3.87. The molecule has 0 aliphatic carbocycles. The fourth-order valence-corrected chi connectivity index (χ4v) is 2.17. The number of rotatable bonds is 1. The predicted octanol–water partition coefficient (Wildman–Crippen LogP) is 1.72. The predicted molar refractivity (Wildman–Crippen MR) is 59.5 cm³/mol. The summed E-state index contributed by atoms with van der Waals surface area (Å²) in [4.78, 5) is 6.44. The van der Waals surface area contributed by atoms with Gasteiger partial charge in [0.25, 0.3) is 0 Å². The Labute approximate surface area is 91.9 Å². The molecule has 76 valence electrons. The maximum absolute atomic E-state index is 9.44. The van der Waals surface area contributed by atoms with Gasteiger partial charge in [0.05, 0.1) is 10.6 Å². The van der Waals surface area contributed by atoms with Crippen LogP contribution in [-0.4, -0.2) is 29.3 Å². The van der Waals surface area contributed by atoms with Crippen molar-refractivity contribution in [3.05, 3.63) is 22.3 Å². The summed E-state index contributed by atoms with van der Waals surface area (Å²) in [7, 11) is 0. The molecular formula is C10H13BrN2O. The Hall–Kier alpha value is -0.610. The van der Waals surface area contributed by atoms with Gasteiger partial charge in [-0.05, 0) is 40.9 Å². The molecule has 1 saturated heterocycles. The van der Waals surface area contributed by atoms with Crippen molar-refractivity contribution in [2.75, 3.05) is 18.0 Å². The number of aliphatic hydroxyl groups is 1. The molecule has 0 bridgehead atoms. The number of aryl methyl sites for hydroxylation is 1. The first-order valence-corrected chi connectivity index (χ1v) is 5.52. The molecule has 1 N–H and O–H groups in total. The van der Waals surface area contributed by atoms with Crippen LogP contribution in [0.15, 0.2) is 16.7 Å². The van der Waals surface area contributed by atoms with Crippen molar-refractivity contribution in [1.29, 1.82) is 0 Å². The Balaban J connectivity index is 2.28. The minimum atomic E-state index is -0.204. The minimum absolute atomic E-state index is 0.204. The Morgan fingerprint density at radius 1 is 1.64 bits per heavy atom. The molecule has 1 aliphatic heterocycles. The molecule has 2 rings (SSSR count). The second-order valence-electron chi connectivity index (χ2n) is 3.65. The Morgan fingerprint density at radius 3 is 3.07 bits per heavy atom. The molecule has 0 saturated carbocycles. The Bertz CT molecular complexity index is 343. The highest BCUT2D eigenvalue weighted by atomic mass is 79.9. The zero-order chi connectivity index (χ0) is 10.1. The molecule has 1 aliphatic rings. The van der Waals surface area contributed by atoms with E-state index in [1.165, 1.54) is 5.56 Å². The van der Waals surface area contributed by atoms with Crippen molar-refractivity contribution >= 4 is 21.7 Å². The summed E-state index contributed by atoms with van der Waals surface area (Å²) in [6.45, 7) is 3.62. The van der Waals surface area contributed by atoms with Crippen LogP contribution in [-0.2, 0) is 0 Å². The van der Waals surface area contributed by atoms with Gasteiger partial charge in [-0.1, -0.05) is 0 Å². The van der Waals surface area contributed by atoms with E-state index in [1.807, 2.05) is 13.0 Å². The molecule has 0 amide bonds. The van der Waals surface area contributed by atoms with E-state index < -0.39 is 0 Å². The Morgan fingerprint density at radius 2 is 2.43 bits per heavy atom. The normalized spacial score (nSPS) is 21.6. The minimum Gasteiger partial charge on any atom is -0.391 e. The van der Waals surface area contributed by atoms with Crippen LogP contribution < -0.4 is 4.90 Å². The van der Waals surface area contributed by atoms with Crippen LogP contribution in [0.5, 0.6) is 0 Å². The number of hydrogen-bond donors (Lipinski definition) is 1. The van der Waals surface area contributed by atoms with Gasteiger partial charge in [0.15, 0.2) is 0 Å². The van der Waals surface area contributed by atoms with E-state index >= 15 is 0 Å². The van der Waals surface area contributed by atoms with Crippen LogP contribution in [0.3, 0.4) is 0 Å². The molecule has 0 unspecified atom stereocenters. The lowest BCUT2D eigenvalue weighted by molar-refractivity contribution is 0.198. The summed E-state index contributed by atoms with van der Waals surface area (Å²) < 4.78 is 1.04. The standard InChI is InChI=1S/C10H13BrN2O/c1-7-2-4-12-10(9(7)11)13-5-3-8(14)6-13/h2,4,8,14H,3,5-6H2,1H3/t8-/m1/s1. The third-order valence-corrected chi connectivity index (χ3v) is 3.51. The topological polar surface area (TPSA) is 36.4 Å². The van der Waals surface area contributed by atoms with Crippen molar-refractivity contribution in [3.63, 3.8) is 0 Å². The number of halogens is 1. The first-order valence-electron chi connectivity index (χ1n) is 4.72. The van der Waals surface area contributed by atoms with Crippen LogP contribution in [0.2, 0.25) is 0 Å². The smallest absolute Gasteiger partial charge is 0.143 e. The lowest BCUT2D eigenvalue weighted by atomic mass is 10.3. The summed E-state index contributed by atoms with van der Waals surface area (Å²) in [5.74, 6) is 0.946. The molecule has 3 nitrogen and oxygen atoms in total. The molecular weight excluding hydrogens is 244 g/mol. The maximum Gasteiger partial charge on any atom is 0.143 e. The number of pyridine rings is 1. The van der Waals surface area contributed by atoms with Gasteiger partial charge in [-0.15, -0.1) is 0 Å². The van der Waals surface area contributed by atoms with Crippen molar-refractivity contribution in [2.24, 2.45) is 0 Å². The van der Waals surface area contributed by atoms with E-state index in [0.29, 0.717) is 6.54 Å². The highest BCUT2D eigenvalue weighted by molar-refractivity contribution is 9.10. The lowest BCUT2D eigenvalue weighted by Crippen LogP contribution is -2.22. The summed E-state index contributed by atoms with van der Waals surface area (Å²) in [6.07, 6.45) is 2.44. The number of anilines is 1. The van der Waals surface area contributed by atoms with Gasteiger partial charge in [-0.3, -0.25) is 0 Å². The number of hydrogen-bond acceptors (Lipinski definition) is 3. The molecule has 1 aromatic heterocycles. The first kappa shape index (κ1) is 9.93. The summed E-state index contributed by atoms with van der Waals surface area (Å²) in [5, 5.41) is 9.44. The maximum atomic E-state index is 9.44. The highest BCUT2D eigenvalue weighted by Gasteiger charge is 2.23. The van der Waals surface area contributed by atoms with E-state index in [4.69, 9.17) is 0 Å². The van der Waals surface area contributed by atoms with Crippen LogP contribution in [0, 0.1) is 6.92 Å². The monoisotopic (exact) mass is 256 g/mol. The van der Waals surface area contributed by atoms with Crippen molar-refractivity contribution in [2.45, 2.75) is 19.4 Å². The molecule has 0 radical (unpaired) electrons. The average Bonchev–Trinajstić information content (AvgIpc) is 2.57. The molecule has 2 heterocycles. The highest BCUT2D eigenvalue weighted by Crippen LogP contribution is 2.29. The molecule has 0 aromatic carbocycles. The number of nitrogens with zero attached hydrogens (tertiary/aromatic N) is 2. The van der Waals surface area contributed by atoms with Gasteiger partial charge < -0.3 is 10.0 Å². The zero-order valence-corrected chi connectivity index (χ0v) is 9.66. The molecule has 1 atom stereocenters. The lowest BCUT2D eigenvalue weighted by Gasteiger charge is -2.18. The molecule has 1 aromatic rings. The summed E-state index contributed by atoms with van der Waals surface area (Å²) in [6, 6.07) is 1.97. The molecule has 0 spiro atoms. The zero-order valence-electron chi connectivity index (χ0n) is 8.07. The summed E-state index contributed by atoms with van der Waals surface area (Å²) >= 11 is 3.52. The number of β-amino-alcohol motifs (C(OH)–C–C–N with tert-alkyl or cyclic N) is 1. The van der Waals surface area contributed by atoms with Gasteiger partial charge in [-0.2, -0.15) is 0 Å². The largest absolute Gasteiger partial charge is 0.391 e. The van der Waals surface area contributed by atoms with Gasteiger partial charge >= 0.3 is 0 Å². The average molecular weight is 257 g/mol. The molecule has 1 fully saturated rings. The summed E-state index contributed by atoms with van der Waals surface area (Å²) in [5.41, 5.74) is 1.18. The fraction of sp³-hybridized carbons (Fsp3) is 0.500. The van der Waals surface area contributed by atoms with E-state index in [1.54, 1.807) is 6.20 Å². The van der Waals surface area contributed by atoms with Crippen molar-refractivity contribution in [1.82, 2.24) is 4.98 Å². The van der Waals surface area contributed by atoms with E-state index in [2.05, 4.69) is 25.8 Å². The van der Waals surface area contributed by atoms with E-state index in [9.17, 15) is 5.11 Å². The van der Waals surface area contributed by atoms with Gasteiger partial charge in [0, 0.05) is 19.3 Å². The van der Waals surface area contributed by atoms with Gasteiger partial charge in [0.2, 0.25) is 0 Å². The van der Waals surface area contributed by atoms with E-state index in [0.717, 1.165) is 23.3 Å². The third-order valence-electron chi connectivity index (χ3n) is 2.53. The van der Waals surface area contributed by atoms with Gasteiger partial charge in [-0.25, -0.2) is 4.98 Å². The first-order chi connectivity index (χ1) is 6.68. The van der Waals surface area contributed by atoms with Crippen LogP contribution in [0.4, 0.5) is 5.82 Å². The fourth-order valence-electron chi connectivity index (χ4n) is 1.68. The number of aromatic nitrogens is 1. The SMILES string of the molecule is Cc1ccnc(N2CC[C@@H](O)C2)c1Br. The Kier molecular flexibility index (Phi) is 2.74. The molecule has 14 heavy (non-hydrogen) atoms. The number of aliphatic hydroxyl groups excluding tert-OH is 1. The van der Waals surface area contributed by atoms with Crippen LogP contribution in [0.1, 0.15) is 12.0 Å². The van der Waals surface area contributed by atoms with E-state index in [-0.39, 0.29) is 6.10 Å². The third kappa shape index (κ3) is 1.77.